The SMILES string of the molecule is COC(=O)c1ccc(Cl)cc1SCCC(=O)O. The molecule has 1 rings (SSSR count). The Morgan fingerprint density at radius 2 is 2.18 bits per heavy atom. The van der Waals surface area contributed by atoms with Gasteiger partial charge in [-0.1, -0.05) is 11.6 Å². The van der Waals surface area contributed by atoms with Crippen LogP contribution in [0.15, 0.2) is 23.1 Å². The van der Waals surface area contributed by atoms with Gasteiger partial charge in [0, 0.05) is 15.7 Å². The molecule has 6 heteroatoms. The number of carboxylic acids is 1. The number of benzene rings is 1. The van der Waals surface area contributed by atoms with Gasteiger partial charge >= 0.3 is 11.9 Å². The van der Waals surface area contributed by atoms with Crippen molar-refractivity contribution in [1.29, 1.82) is 0 Å². The van der Waals surface area contributed by atoms with Crippen LogP contribution in [0.25, 0.3) is 0 Å². The minimum Gasteiger partial charge on any atom is -0.481 e. The van der Waals surface area contributed by atoms with Crippen LogP contribution in [0.3, 0.4) is 0 Å². The second kappa shape index (κ2) is 6.51. The van der Waals surface area contributed by atoms with Crippen LogP contribution in [0, 0.1) is 0 Å². The number of halogens is 1. The third-order valence-electron chi connectivity index (χ3n) is 1.92. The van der Waals surface area contributed by atoms with E-state index in [4.69, 9.17) is 16.7 Å². The molecule has 0 atom stereocenters. The molecule has 0 bridgehead atoms. The van der Waals surface area contributed by atoms with Crippen molar-refractivity contribution in [3.63, 3.8) is 0 Å². The highest BCUT2D eigenvalue weighted by molar-refractivity contribution is 7.99. The maximum absolute atomic E-state index is 11.4. The van der Waals surface area contributed by atoms with Crippen molar-refractivity contribution in [1.82, 2.24) is 0 Å². The molecule has 1 N–H and O–H groups in total. The van der Waals surface area contributed by atoms with E-state index < -0.39 is 11.9 Å². The highest BCUT2D eigenvalue weighted by Crippen LogP contribution is 2.27. The molecular formula is C11H11ClO4S. The lowest BCUT2D eigenvalue weighted by atomic mass is 10.2. The van der Waals surface area contributed by atoms with E-state index in [-0.39, 0.29) is 6.42 Å². The van der Waals surface area contributed by atoms with Crippen molar-refractivity contribution < 1.29 is 19.4 Å². The highest BCUT2D eigenvalue weighted by atomic mass is 35.5. The number of rotatable bonds is 5. The van der Waals surface area contributed by atoms with Crippen LogP contribution in [-0.4, -0.2) is 29.9 Å². The Balaban J connectivity index is 2.83. The number of ether oxygens (including phenoxy) is 1. The summed E-state index contributed by atoms with van der Waals surface area (Å²) in [5.74, 6) is -0.960. The second-order valence-electron chi connectivity index (χ2n) is 3.12. The number of hydrogen-bond acceptors (Lipinski definition) is 4. The Morgan fingerprint density at radius 1 is 1.47 bits per heavy atom. The van der Waals surface area contributed by atoms with Crippen LogP contribution in [0.4, 0.5) is 0 Å². The topological polar surface area (TPSA) is 63.6 Å². The van der Waals surface area contributed by atoms with E-state index in [2.05, 4.69) is 4.74 Å². The lowest BCUT2D eigenvalue weighted by molar-refractivity contribution is -0.136. The van der Waals surface area contributed by atoms with Crippen LogP contribution in [0.5, 0.6) is 0 Å². The Bertz CT molecular complexity index is 433. The summed E-state index contributed by atoms with van der Waals surface area (Å²) in [6.45, 7) is 0. The quantitative estimate of drug-likeness (QED) is 0.661. The van der Waals surface area contributed by atoms with Crippen molar-refractivity contribution in [2.75, 3.05) is 12.9 Å². The molecule has 92 valence electrons. The number of hydrogen-bond donors (Lipinski definition) is 1. The van der Waals surface area contributed by atoms with Crippen molar-refractivity contribution in [3.05, 3.63) is 28.8 Å². The maximum Gasteiger partial charge on any atom is 0.338 e. The zero-order chi connectivity index (χ0) is 12.8. The zero-order valence-corrected chi connectivity index (χ0v) is 10.7. The first kappa shape index (κ1) is 13.9. The molecule has 0 radical (unpaired) electrons. The number of carbonyl (C=O) groups excluding carboxylic acids is 1. The van der Waals surface area contributed by atoms with Gasteiger partial charge in [0.05, 0.1) is 19.1 Å². The average molecular weight is 275 g/mol. The summed E-state index contributed by atoms with van der Waals surface area (Å²) in [7, 11) is 1.29. The first-order valence-corrected chi connectivity index (χ1v) is 6.13. The maximum atomic E-state index is 11.4. The Morgan fingerprint density at radius 3 is 2.76 bits per heavy atom. The van der Waals surface area contributed by atoms with Crippen LogP contribution >= 0.6 is 23.4 Å². The van der Waals surface area contributed by atoms with Gasteiger partial charge < -0.3 is 9.84 Å². The summed E-state index contributed by atoms with van der Waals surface area (Å²) in [5, 5.41) is 9.04. The average Bonchev–Trinajstić information content (AvgIpc) is 2.28. The molecule has 0 aliphatic carbocycles. The molecule has 4 nitrogen and oxygen atoms in total. The van der Waals surface area contributed by atoms with Crippen molar-refractivity contribution >= 4 is 35.3 Å². The zero-order valence-electron chi connectivity index (χ0n) is 9.10. The van der Waals surface area contributed by atoms with Crippen molar-refractivity contribution in [2.45, 2.75) is 11.3 Å². The molecule has 0 amide bonds. The molecule has 0 heterocycles. The van der Waals surface area contributed by atoms with E-state index >= 15 is 0 Å². The first-order valence-electron chi connectivity index (χ1n) is 4.77. The fourth-order valence-electron chi connectivity index (χ4n) is 1.14. The molecule has 0 aliphatic heterocycles. The minimum atomic E-state index is -0.876. The van der Waals surface area contributed by atoms with E-state index in [1.807, 2.05) is 0 Å². The van der Waals surface area contributed by atoms with Gasteiger partial charge in [-0.2, -0.15) is 0 Å². The van der Waals surface area contributed by atoms with Crippen molar-refractivity contribution in [3.8, 4) is 0 Å². The van der Waals surface area contributed by atoms with Gasteiger partial charge in [-0.05, 0) is 18.2 Å². The summed E-state index contributed by atoms with van der Waals surface area (Å²) in [4.78, 5) is 22.5. The lowest BCUT2D eigenvalue weighted by Gasteiger charge is -2.07. The Kier molecular flexibility index (Phi) is 5.31. The summed E-state index contributed by atoms with van der Waals surface area (Å²) in [6, 6.07) is 4.78. The minimum absolute atomic E-state index is 0.0256. The molecule has 17 heavy (non-hydrogen) atoms. The van der Waals surface area contributed by atoms with E-state index in [0.29, 0.717) is 21.2 Å². The second-order valence-corrected chi connectivity index (χ2v) is 4.70. The third kappa shape index (κ3) is 4.28. The summed E-state index contributed by atoms with van der Waals surface area (Å²) in [5.41, 5.74) is 0.396. The lowest BCUT2D eigenvalue weighted by Crippen LogP contribution is -2.03. The predicted octanol–water partition coefficient (Wildman–Crippen LogP) is 2.69. The molecule has 0 aliphatic rings. The van der Waals surface area contributed by atoms with Gasteiger partial charge in [-0.3, -0.25) is 4.79 Å². The number of aliphatic carboxylic acids is 1. The molecule has 1 aromatic carbocycles. The number of methoxy groups -OCH3 is 1. The van der Waals surface area contributed by atoms with Gasteiger partial charge in [0.25, 0.3) is 0 Å². The van der Waals surface area contributed by atoms with E-state index in [1.54, 1.807) is 18.2 Å². The van der Waals surface area contributed by atoms with Gasteiger partial charge in [0.15, 0.2) is 0 Å². The van der Waals surface area contributed by atoms with Gasteiger partial charge in [-0.25, -0.2) is 4.79 Å². The van der Waals surface area contributed by atoms with E-state index in [0.717, 1.165) is 0 Å². The molecule has 0 saturated heterocycles. The number of carbonyl (C=O) groups is 2. The number of esters is 1. The number of thioether (sulfide) groups is 1. The van der Waals surface area contributed by atoms with E-state index in [9.17, 15) is 9.59 Å². The monoisotopic (exact) mass is 274 g/mol. The molecule has 0 unspecified atom stereocenters. The summed E-state index contributed by atoms with van der Waals surface area (Å²) >= 11 is 7.09. The molecule has 0 fully saturated rings. The first-order chi connectivity index (χ1) is 8.04. The molecular weight excluding hydrogens is 264 g/mol. The highest BCUT2D eigenvalue weighted by Gasteiger charge is 2.12. The summed E-state index contributed by atoms with van der Waals surface area (Å²) in [6.07, 6.45) is 0.0256. The summed E-state index contributed by atoms with van der Waals surface area (Å²) < 4.78 is 4.63. The van der Waals surface area contributed by atoms with Gasteiger partial charge in [0.2, 0.25) is 0 Å². The Hall–Kier alpha value is -1.20. The fourth-order valence-corrected chi connectivity index (χ4v) is 2.39. The van der Waals surface area contributed by atoms with Crippen molar-refractivity contribution in [2.24, 2.45) is 0 Å². The molecule has 1 aromatic rings. The molecule has 0 aromatic heterocycles. The van der Waals surface area contributed by atoms with Crippen LogP contribution < -0.4 is 0 Å². The predicted molar refractivity (Wildman–Crippen MR) is 65.8 cm³/mol. The molecule has 0 spiro atoms. The van der Waals surface area contributed by atoms with Gasteiger partial charge in [-0.15, -0.1) is 11.8 Å². The number of carboxylic acid groups (broad SMARTS) is 1. The third-order valence-corrected chi connectivity index (χ3v) is 3.21. The molecule has 0 saturated carbocycles. The fraction of sp³-hybridized carbons (Fsp3) is 0.273. The Labute approximate surface area is 108 Å². The largest absolute Gasteiger partial charge is 0.481 e. The standard InChI is InChI=1S/C11H11ClO4S/c1-16-11(15)8-3-2-7(12)6-9(8)17-5-4-10(13)14/h2-3,6H,4-5H2,1H3,(H,13,14). The van der Waals surface area contributed by atoms with Crippen LogP contribution in [-0.2, 0) is 9.53 Å². The van der Waals surface area contributed by atoms with Gasteiger partial charge in [0.1, 0.15) is 0 Å². The van der Waals surface area contributed by atoms with Crippen LogP contribution in [0.1, 0.15) is 16.8 Å². The van der Waals surface area contributed by atoms with Crippen LogP contribution in [0.2, 0.25) is 5.02 Å². The van der Waals surface area contributed by atoms with E-state index in [1.165, 1.54) is 18.9 Å². The normalized spacial score (nSPS) is 10.0. The smallest absolute Gasteiger partial charge is 0.338 e.